The summed E-state index contributed by atoms with van der Waals surface area (Å²) in [6.45, 7) is 8.11. The lowest BCUT2D eigenvalue weighted by Crippen LogP contribution is -2.53. The van der Waals surface area contributed by atoms with Gasteiger partial charge in [0.25, 0.3) is 0 Å². The quantitative estimate of drug-likeness (QED) is 0.726. The van der Waals surface area contributed by atoms with Crippen LogP contribution in [0.4, 0.5) is 4.79 Å². The molecule has 20 heavy (non-hydrogen) atoms. The fourth-order valence-corrected chi connectivity index (χ4v) is 2.82. The number of carboxylic acids is 1. The van der Waals surface area contributed by atoms with Crippen molar-refractivity contribution in [2.45, 2.75) is 65.5 Å². The molecule has 0 bridgehead atoms. The molecule has 5 heteroatoms. The maximum atomic E-state index is 12.0. The fraction of sp³-hybridized carbons (Fsp3) is 0.867. The molecular formula is C15H28N2O3. The average molecular weight is 284 g/mol. The average Bonchev–Trinajstić information content (AvgIpc) is 2.40. The van der Waals surface area contributed by atoms with Crippen LogP contribution in [0.3, 0.4) is 0 Å². The molecule has 0 saturated heterocycles. The Morgan fingerprint density at radius 3 is 2.50 bits per heavy atom. The van der Waals surface area contributed by atoms with Crippen LogP contribution in [0.15, 0.2) is 0 Å². The SMILES string of the molecule is CC[C@H](C)[C@H](NC(=O)NC1CCCC(C)C1C)C(=O)O. The first-order valence-corrected chi connectivity index (χ1v) is 7.66. The third kappa shape index (κ3) is 4.39. The first-order chi connectivity index (χ1) is 9.36. The van der Waals surface area contributed by atoms with Crippen LogP contribution in [-0.2, 0) is 4.79 Å². The molecule has 5 nitrogen and oxygen atoms in total. The number of hydrogen-bond acceptors (Lipinski definition) is 2. The van der Waals surface area contributed by atoms with E-state index < -0.39 is 12.0 Å². The number of carboxylic acid groups (broad SMARTS) is 1. The molecule has 1 aliphatic rings. The Labute approximate surface area is 121 Å². The second-order valence-corrected chi connectivity index (χ2v) is 6.19. The zero-order valence-corrected chi connectivity index (χ0v) is 13.0. The molecule has 116 valence electrons. The van der Waals surface area contributed by atoms with Crippen LogP contribution >= 0.6 is 0 Å². The van der Waals surface area contributed by atoms with Gasteiger partial charge in [0.2, 0.25) is 0 Å². The van der Waals surface area contributed by atoms with Crippen LogP contribution in [0.2, 0.25) is 0 Å². The topological polar surface area (TPSA) is 78.4 Å². The molecule has 1 rings (SSSR count). The molecule has 1 fully saturated rings. The van der Waals surface area contributed by atoms with Gasteiger partial charge in [-0.05, 0) is 24.2 Å². The molecule has 0 spiro atoms. The number of amides is 2. The molecular weight excluding hydrogens is 256 g/mol. The number of carbonyl (C=O) groups excluding carboxylic acids is 1. The highest BCUT2D eigenvalue weighted by atomic mass is 16.4. The van der Waals surface area contributed by atoms with Gasteiger partial charge >= 0.3 is 12.0 Å². The van der Waals surface area contributed by atoms with Crippen molar-refractivity contribution in [3.8, 4) is 0 Å². The Bertz CT molecular complexity index is 346. The normalized spacial score (nSPS) is 29.3. The van der Waals surface area contributed by atoms with Crippen molar-refractivity contribution in [2.75, 3.05) is 0 Å². The smallest absolute Gasteiger partial charge is 0.326 e. The van der Waals surface area contributed by atoms with E-state index in [1.54, 1.807) is 0 Å². The van der Waals surface area contributed by atoms with Crippen molar-refractivity contribution in [1.82, 2.24) is 10.6 Å². The van der Waals surface area contributed by atoms with Crippen LogP contribution in [0.25, 0.3) is 0 Å². The van der Waals surface area contributed by atoms with E-state index in [9.17, 15) is 14.7 Å². The first kappa shape index (κ1) is 16.8. The van der Waals surface area contributed by atoms with Crippen molar-refractivity contribution < 1.29 is 14.7 Å². The maximum absolute atomic E-state index is 12.0. The van der Waals surface area contributed by atoms with Crippen molar-refractivity contribution in [2.24, 2.45) is 17.8 Å². The van der Waals surface area contributed by atoms with Crippen LogP contribution in [-0.4, -0.2) is 29.2 Å². The minimum absolute atomic E-state index is 0.0825. The summed E-state index contributed by atoms with van der Waals surface area (Å²) in [5.74, 6) is -0.0271. The van der Waals surface area contributed by atoms with E-state index in [4.69, 9.17) is 0 Å². The highest BCUT2D eigenvalue weighted by Crippen LogP contribution is 2.29. The Balaban J connectivity index is 2.55. The second-order valence-electron chi connectivity index (χ2n) is 6.19. The molecule has 0 aromatic carbocycles. The third-order valence-electron chi connectivity index (χ3n) is 4.79. The Morgan fingerprint density at radius 1 is 1.30 bits per heavy atom. The lowest BCUT2D eigenvalue weighted by Gasteiger charge is -2.35. The van der Waals surface area contributed by atoms with E-state index in [1.807, 2.05) is 13.8 Å². The maximum Gasteiger partial charge on any atom is 0.326 e. The van der Waals surface area contributed by atoms with Gasteiger partial charge in [-0.3, -0.25) is 0 Å². The summed E-state index contributed by atoms with van der Waals surface area (Å²) < 4.78 is 0. The highest BCUT2D eigenvalue weighted by molar-refractivity contribution is 5.82. The summed E-state index contributed by atoms with van der Waals surface area (Å²) in [5.41, 5.74) is 0. The van der Waals surface area contributed by atoms with Crippen LogP contribution < -0.4 is 10.6 Å². The molecule has 1 aliphatic carbocycles. The minimum atomic E-state index is -0.973. The van der Waals surface area contributed by atoms with Gasteiger partial charge in [0, 0.05) is 6.04 Å². The molecule has 0 radical (unpaired) electrons. The Hall–Kier alpha value is -1.26. The predicted octanol–water partition coefficient (Wildman–Crippen LogP) is 2.61. The van der Waals surface area contributed by atoms with Crippen molar-refractivity contribution in [1.29, 1.82) is 0 Å². The number of urea groups is 1. The van der Waals surface area contributed by atoms with Crippen molar-refractivity contribution in [3.05, 3.63) is 0 Å². The van der Waals surface area contributed by atoms with Gasteiger partial charge < -0.3 is 15.7 Å². The summed E-state index contributed by atoms with van der Waals surface area (Å²) in [6.07, 6.45) is 4.00. The number of nitrogens with one attached hydrogen (secondary N) is 2. The van der Waals surface area contributed by atoms with Gasteiger partial charge in [-0.1, -0.05) is 47.0 Å². The van der Waals surface area contributed by atoms with Gasteiger partial charge in [0.1, 0.15) is 6.04 Å². The van der Waals surface area contributed by atoms with E-state index in [-0.39, 0.29) is 18.0 Å². The fourth-order valence-electron chi connectivity index (χ4n) is 2.82. The predicted molar refractivity (Wildman–Crippen MR) is 78.5 cm³/mol. The molecule has 0 aromatic rings. The van der Waals surface area contributed by atoms with E-state index in [0.717, 1.165) is 12.8 Å². The minimum Gasteiger partial charge on any atom is -0.480 e. The van der Waals surface area contributed by atoms with E-state index in [1.165, 1.54) is 6.42 Å². The van der Waals surface area contributed by atoms with Crippen molar-refractivity contribution in [3.63, 3.8) is 0 Å². The summed E-state index contributed by atoms with van der Waals surface area (Å²) in [4.78, 5) is 23.2. The third-order valence-corrected chi connectivity index (χ3v) is 4.79. The monoisotopic (exact) mass is 284 g/mol. The van der Waals surface area contributed by atoms with Crippen LogP contribution in [0.1, 0.15) is 53.4 Å². The van der Waals surface area contributed by atoms with Gasteiger partial charge in [-0.15, -0.1) is 0 Å². The van der Waals surface area contributed by atoms with Crippen molar-refractivity contribution >= 4 is 12.0 Å². The van der Waals surface area contributed by atoms with E-state index >= 15 is 0 Å². The van der Waals surface area contributed by atoms with E-state index in [0.29, 0.717) is 18.3 Å². The van der Waals surface area contributed by atoms with Crippen LogP contribution in [0, 0.1) is 17.8 Å². The van der Waals surface area contributed by atoms with Crippen LogP contribution in [0.5, 0.6) is 0 Å². The molecule has 5 atom stereocenters. The zero-order valence-electron chi connectivity index (χ0n) is 13.0. The highest BCUT2D eigenvalue weighted by Gasteiger charge is 2.30. The number of aliphatic carboxylic acids is 1. The first-order valence-electron chi connectivity index (χ1n) is 7.66. The molecule has 0 aliphatic heterocycles. The Kier molecular flexibility index (Phi) is 6.30. The summed E-state index contributed by atoms with van der Waals surface area (Å²) in [5, 5.41) is 14.7. The molecule has 0 heterocycles. The number of rotatable bonds is 5. The molecule has 2 amide bonds. The van der Waals surface area contributed by atoms with Gasteiger partial charge in [0.05, 0.1) is 0 Å². The lowest BCUT2D eigenvalue weighted by molar-refractivity contribution is -0.140. The molecule has 3 N–H and O–H groups in total. The molecule has 0 aromatic heterocycles. The lowest BCUT2D eigenvalue weighted by atomic mass is 9.78. The zero-order chi connectivity index (χ0) is 15.3. The van der Waals surface area contributed by atoms with Gasteiger partial charge in [-0.2, -0.15) is 0 Å². The van der Waals surface area contributed by atoms with Gasteiger partial charge in [0.15, 0.2) is 0 Å². The van der Waals surface area contributed by atoms with E-state index in [2.05, 4.69) is 24.5 Å². The van der Waals surface area contributed by atoms with Gasteiger partial charge in [-0.25, -0.2) is 9.59 Å². The molecule has 1 saturated carbocycles. The number of carbonyl (C=O) groups is 2. The summed E-state index contributed by atoms with van der Waals surface area (Å²) >= 11 is 0. The number of hydrogen-bond donors (Lipinski definition) is 3. The largest absolute Gasteiger partial charge is 0.480 e. The summed E-state index contributed by atoms with van der Waals surface area (Å²) in [6, 6.07) is -1.04. The Morgan fingerprint density at radius 2 is 1.95 bits per heavy atom. The molecule has 3 unspecified atom stereocenters. The summed E-state index contributed by atoms with van der Waals surface area (Å²) in [7, 11) is 0. The second kappa shape index (κ2) is 7.50. The standard InChI is InChI=1S/C15H28N2O3/c1-5-9(2)13(14(18)19)17-15(20)16-12-8-6-7-10(3)11(12)4/h9-13H,5-8H2,1-4H3,(H,18,19)(H2,16,17,20)/t9-,10?,11?,12?,13-/m0/s1.